The predicted molar refractivity (Wildman–Crippen MR) is 46.3 cm³/mol. The number of hydrogen-bond donors (Lipinski definition) is 1. The molecule has 1 aliphatic carbocycles. The van der Waals surface area contributed by atoms with Crippen molar-refractivity contribution < 1.29 is 9.59 Å². The van der Waals surface area contributed by atoms with Crippen LogP contribution in [0.25, 0.3) is 0 Å². The van der Waals surface area contributed by atoms with Gasteiger partial charge in [-0.2, -0.15) is 0 Å². The monoisotopic (exact) mass is 177 g/mol. The van der Waals surface area contributed by atoms with Gasteiger partial charge in [0.05, 0.1) is 0 Å². The van der Waals surface area contributed by atoms with Gasteiger partial charge in [0.25, 0.3) is 0 Å². The largest absolute Gasteiger partial charge is 0.296 e. The van der Waals surface area contributed by atoms with Gasteiger partial charge in [-0.3, -0.25) is 14.9 Å². The summed E-state index contributed by atoms with van der Waals surface area (Å²) in [5.74, 6) is 3.30. The first-order valence-electron chi connectivity index (χ1n) is 4.49. The van der Waals surface area contributed by atoms with Gasteiger partial charge in [0, 0.05) is 18.8 Å². The van der Waals surface area contributed by atoms with E-state index < -0.39 is 0 Å². The summed E-state index contributed by atoms with van der Waals surface area (Å²) in [7, 11) is 0. The Labute approximate surface area is 76.9 Å². The van der Waals surface area contributed by atoms with E-state index in [1.165, 1.54) is 0 Å². The van der Waals surface area contributed by atoms with E-state index in [0.29, 0.717) is 24.7 Å². The van der Waals surface area contributed by atoms with Gasteiger partial charge in [0.1, 0.15) is 0 Å². The second kappa shape index (κ2) is 2.88. The molecule has 1 heterocycles. The average molecular weight is 177 g/mol. The summed E-state index contributed by atoms with van der Waals surface area (Å²) in [5.41, 5.74) is 0. The van der Waals surface area contributed by atoms with Crippen LogP contribution in [0.1, 0.15) is 19.3 Å². The number of carbonyl (C=O) groups excluding carboxylic acids is 2. The van der Waals surface area contributed by atoms with Crippen molar-refractivity contribution in [3.8, 4) is 12.3 Å². The molecule has 0 spiro atoms. The smallest absolute Gasteiger partial charge is 0.226 e. The molecule has 68 valence electrons. The molecule has 3 nitrogen and oxygen atoms in total. The van der Waals surface area contributed by atoms with E-state index in [1.807, 2.05) is 0 Å². The number of nitrogens with one attached hydrogen (secondary N) is 1. The lowest BCUT2D eigenvalue weighted by atomic mass is 9.91. The fourth-order valence-corrected chi connectivity index (χ4v) is 2.04. The number of hydrogen-bond acceptors (Lipinski definition) is 2. The van der Waals surface area contributed by atoms with Crippen LogP contribution >= 0.6 is 0 Å². The predicted octanol–water partition coefficient (Wildman–Crippen LogP) is 0.309. The van der Waals surface area contributed by atoms with Gasteiger partial charge in [0.15, 0.2) is 0 Å². The first kappa shape index (κ1) is 8.31. The maximum absolute atomic E-state index is 11.0. The first-order valence-corrected chi connectivity index (χ1v) is 4.49. The topological polar surface area (TPSA) is 46.2 Å². The molecule has 3 heteroatoms. The van der Waals surface area contributed by atoms with Crippen LogP contribution in [0.15, 0.2) is 0 Å². The van der Waals surface area contributed by atoms with E-state index in [2.05, 4.69) is 11.2 Å². The standard InChI is InChI=1S/C10H11NO2/c1-2-6-3-8(6)7-4-9(12)11-10(13)5-7/h1,6-8H,3-5H2,(H,11,12,13). The van der Waals surface area contributed by atoms with Gasteiger partial charge in [-0.25, -0.2) is 0 Å². The van der Waals surface area contributed by atoms with Crippen molar-refractivity contribution in [1.29, 1.82) is 0 Å². The summed E-state index contributed by atoms with van der Waals surface area (Å²) >= 11 is 0. The zero-order chi connectivity index (χ0) is 9.42. The lowest BCUT2D eigenvalue weighted by Crippen LogP contribution is -2.39. The summed E-state index contributed by atoms with van der Waals surface area (Å²) in [6.45, 7) is 0. The van der Waals surface area contributed by atoms with Crippen molar-refractivity contribution in [3.63, 3.8) is 0 Å². The maximum Gasteiger partial charge on any atom is 0.226 e. The minimum Gasteiger partial charge on any atom is -0.296 e. The Bertz CT molecular complexity index is 287. The van der Waals surface area contributed by atoms with Crippen LogP contribution in [0.3, 0.4) is 0 Å². The lowest BCUT2D eigenvalue weighted by Gasteiger charge is -2.20. The number of carbonyl (C=O) groups is 2. The molecule has 2 aliphatic rings. The van der Waals surface area contributed by atoms with Crippen molar-refractivity contribution in [2.24, 2.45) is 17.8 Å². The Hall–Kier alpha value is -1.30. The van der Waals surface area contributed by atoms with Crippen LogP contribution < -0.4 is 5.32 Å². The second-order valence-electron chi connectivity index (χ2n) is 3.81. The first-order chi connectivity index (χ1) is 6.20. The molecule has 13 heavy (non-hydrogen) atoms. The van der Waals surface area contributed by atoms with Gasteiger partial charge >= 0.3 is 0 Å². The van der Waals surface area contributed by atoms with Gasteiger partial charge < -0.3 is 0 Å². The highest BCUT2D eigenvalue weighted by Crippen LogP contribution is 2.46. The zero-order valence-corrected chi connectivity index (χ0v) is 7.25. The molecule has 1 aliphatic heterocycles. The fourth-order valence-electron chi connectivity index (χ4n) is 2.04. The Morgan fingerprint density at radius 1 is 1.31 bits per heavy atom. The Kier molecular flexibility index (Phi) is 1.84. The molecule has 0 aromatic rings. The number of amides is 2. The second-order valence-corrected chi connectivity index (χ2v) is 3.81. The minimum absolute atomic E-state index is 0.149. The van der Waals surface area contributed by atoms with Gasteiger partial charge in [-0.15, -0.1) is 12.3 Å². The molecule has 2 unspecified atom stereocenters. The summed E-state index contributed by atoms with van der Waals surface area (Å²) in [5, 5.41) is 2.30. The van der Waals surface area contributed by atoms with E-state index in [-0.39, 0.29) is 17.7 Å². The highest BCUT2D eigenvalue weighted by Gasteiger charge is 2.44. The van der Waals surface area contributed by atoms with Crippen molar-refractivity contribution >= 4 is 11.8 Å². The molecule has 0 aromatic carbocycles. The molecule has 1 saturated carbocycles. The van der Waals surface area contributed by atoms with Crippen molar-refractivity contribution in [2.75, 3.05) is 0 Å². The average Bonchev–Trinajstić information content (AvgIpc) is 2.80. The Balaban J connectivity index is 1.98. The normalized spacial score (nSPS) is 33.8. The summed E-state index contributed by atoms with van der Waals surface area (Å²) in [6, 6.07) is 0. The van der Waals surface area contributed by atoms with E-state index in [1.54, 1.807) is 0 Å². The third-order valence-corrected chi connectivity index (χ3v) is 2.83. The Morgan fingerprint density at radius 3 is 2.38 bits per heavy atom. The highest BCUT2D eigenvalue weighted by molar-refractivity contribution is 5.97. The summed E-state index contributed by atoms with van der Waals surface area (Å²) in [6.07, 6.45) is 7.19. The molecule has 1 N–H and O–H groups in total. The van der Waals surface area contributed by atoms with Gasteiger partial charge in [-0.05, 0) is 18.3 Å². The SMILES string of the molecule is C#CC1CC1C1CC(=O)NC(=O)C1. The molecule has 0 bridgehead atoms. The molecule has 0 aromatic heterocycles. The minimum atomic E-state index is -0.149. The molecule has 2 amide bonds. The summed E-state index contributed by atoms with van der Waals surface area (Å²) in [4.78, 5) is 22.1. The zero-order valence-electron chi connectivity index (χ0n) is 7.25. The highest BCUT2D eigenvalue weighted by atomic mass is 16.2. The molecule has 2 fully saturated rings. The number of piperidine rings is 1. The third-order valence-electron chi connectivity index (χ3n) is 2.83. The van der Waals surface area contributed by atoms with E-state index >= 15 is 0 Å². The maximum atomic E-state index is 11.0. The van der Waals surface area contributed by atoms with Crippen molar-refractivity contribution in [1.82, 2.24) is 5.32 Å². The molecule has 2 atom stereocenters. The number of imide groups is 1. The molecule has 1 saturated heterocycles. The van der Waals surface area contributed by atoms with E-state index in [0.717, 1.165) is 6.42 Å². The van der Waals surface area contributed by atoms with Gasteiger partial charge in [-0.1, -0.05) is 0 Å². The van der Waals surface area contributed by atoms with Crippen molar-refractivity contribution in [2.45, 2.75) is 19.3 Å². The lowest BCUT2D eigenvalue weighted by molar-refractivity contribution is -0.135. The summed E-state index contributed by atoms with van der Waals surface area (Å²) < 4.78 is 0. The van der Waals surface area contributed by atoms with Crippen LogP contribution in [0.2, 0.25) is 0 Å². The number of rotatable bonds is 1. The van der Waals surface area contributed by atoms with Gasteiger partial charge in [0.2, 0.25) is 11.8 Å². The third kappa shape index (κ3) is 1.57. The Morgan fingerprint density at radius 2 is 1.92 bits per heavy atom. The molecule has 2 rings (SSSR count). The van der Waals surface area contributed by atoms with E-state index in [9.17, 15) is 9.59 Å². The van der Waals surface area contributed by atoms with Crippen LogP contribution in [0.4, 0.5) is 0 Å². The molecular weight excluding hydrogens is 166 g/mol. The van der Waals surface area contributed by atoms with Crippen LogP contribution in [0.5, 0.6) is 0 Å². The fraction of sp³-hybridized carbons (Fsp3) is 0.600. The number of terminal acetylenes is 1. The van der Waals surface area contributed by atoms with Crippen LogP contribution in [-0.2, 0) is 9.59 Å². The van der Waals surface area contributed by atoms with Crippen LogP contribution in [0, 0.1) is 30.1 Å². The molecular formula is C10H11NO2. The van der Waals surface area contributed by atoms with Crippen molar-refractivity contribution in [3.05, 3.63) is 0 Å². The molecule has 0 radical (unpaired) electrons. The van der Waals surface area contributed by atoms with Crippen LogP contribution in [-0.4, -0.2) is 11.8 Å². The quantitative estimate of drug-likeness (QED) is 0.463. The van der Waals surface area contributed by atoms with E-state index in [4.69, 9.17) is 6.42 Å².